The third-order valence-corrected chi connectivity index (χ3v) is 6.28. The van der Waals surface area contributed by atoms with Gasteiger partial charge in [0.05, 0.1) is 0 Å². The van der Waals surface area contributed by atoms with Gasteiger partial charge in [-0.15, -0.1) is 21.5 Å². The Bertz CT molecular complexity index is 938. The summed E-state index contributed by atoms with van der Waals surface area (Å²) in [4.78, 5) is 7.40. The lowest BCUT2D eigenvalue weighted by Crippen LogP contribution is -2.46. The van der Waals surface area contributed by atoms with Crippen molar-refractivity contribution in [1.82, 2.24) is 15.1 Å². The van der Waals surface area contributed by atoms with Gasteiger partial charge in [0.1, 0.15) is 6.07 Å². The molecule has 3 heterocycles. The summed E-state index contributed by atoms with van der Waals surface area (Å²) >= 11 is 5.35. The van der Waals surface area contributed by atoms with Gasteiger partial charge in [-0.3, -0.25) is 4.90 Å². The summed E-state index contributed by atoms with van der Waals surface area (Å²) in [7, 11) is 0. The summed E-state index contributed by atoms with van der Waals surface area (Å²) in [6, 6.07) is 18.5. The van der Waals surface area contributed by atoms with Crippen molar-refractivity contribution in [3.8, 4) is 16.5 Å². The third kappa shape index (κ3) is 4.35. The van der Waals surface area contributed by atoms with E-state index >= 15 is 0 Å². The summed E-state index contributed by atoms with van der Waals surface area (Å²) in [6.45, 7) is 4.81. The van der Waals surface area contributed by atoms with Crippen LogP contribution in [0.3, 0.4) is 0 Å². The minimum absolute atomic E-state index is 0.358. The van der Waals surface area contributed by atoms with Crippen LogP contribution in [-0.4, -0.2) is 41.3 Å². The van der Waals surface area contributed by atoms with E-state index in [0.29, 0.717) is 5.69 Å². The Morgan fingerprint density at radius 3 is 2.41 bits per heavy atom. The standard InChI is InChI=1S/C20H18BrN5S/c21-16-3-1-15(2-4-16)19-7-6-18(27-19)14-25-9-11-26(12-10-25)20-8-5-17(13-22)23-24-20/h1-8H,9-12,14H2. The Labute approximate surface area is 171 Å². The van der Waals surface area contributed by atoms with Gasteiger partial charge in [0, 0.05) is 47.0 Å². The van der Waals surface area contributed by atoms with Gasteiger partial charge in [0.2, 0.25) is 0 Å². The van der Waals surface area contributed by atoms with Crippen molar-refractivity contribution in [2.24, 2.45) is 0 Å². The second-order valence-corrected chi connectivity index (χ2v) is 8.51. The van der Waals surface area contributed by atoms with Gasteiger partial charge < -0.3 is 4.90 Å². The van der Waals surface area contributed by atoms with Crippen molar-refractivity contribution in [1.29, 1.82) is 5.26 Å². The van der Waals surface area contributed by atoms with Gasteiger partial charge in [-0.2, -0.15) is 5.26 Å². The molecular formula is C20H18BrN5S. The van der Waals surface area contributed by atoms with E-state index in [0.717, 1.165) is 43.0 Å². The van der Waals surface area contributed by atoms with Gasteiger partial charge in [0.15, 0.2) is 11.5 Å². The van der Waals surface area contributed by atoms with E-state index in [1.165, 1.54) is 15.3 Å². The largest absolute Gasteiger partial charge is 0.353 e. The molecule has 1 aliphatic rings. The number of nitriles is 1. The Balaban J connectivity index is 1.34. The first-order chi connectivity index (χ1) is 13.2. The van der Waals surface area contributed by atoms with Crippen molar-refractivity contribution in [2.75, 3.05) is 31.1 Å². The molecule has 0 atom stereocenters. The lowest BCUT2D eigenvalue weighted by molar-refractivity contribution is 0.251. The molecule has 5 nitrogen and oxygen atoms in total. The number of rotatable bonds is 4. The predicted octanol–water partition coefficient (Wildman–Crippen LogP) is 4.16. The fraction of sp³-hybridized carbons (Fsp3) is 0.250. The van der Waals surface area contributed by atoms with E-state index in [1.54, 1.807) is 6.07 Å². The average molecular weight is 440 g/mol. The summed E-state index contributed by atoms with van der Waals surface area (Å²) in [5.74, 6) is 0.849. The molecule has 0 amide bonds. The lowest BCUT2D eigenvalue weighted by Gasteiger charge is -2.34. The van der Waals surface area contributed by atoms with E-state index < -0.39 is 0 Å². The number of hydrogen-bond donors (Lipinski definition) is 0. The van der Waals surface area contributed by atoms with Crippen molar-refractivity contribution in [3.63, 3.8) is 0 Å². The van der Waals surface area contributed by atoms with Crippen LogP contribution < -0.4 is 4.90 Å². The van der Waals surface area contributed by atoms with Crippen LogP contribution in [0.5, 0.6) is 0 Å². The molecule has 1 aromatic carbocycles. The van der Waals surface area contributed by atoms with Crippen LogP contribution in [0.1, 0.15) is 10.6 Å². The first kappa shape index (κ1) is 18.1. The summed E-state index contributed by atoms with van der Waals surface area (Å²) in [6.07, 6.45) is 0. The van der Waals surface area contributed by atoms with E-state index in [4.69, 9.17) is 5.26 Å². The number of halogens is 1. The van der Waals surface area contributed by atoms with Crippen LogP contribution in [0.2, 0.25) is 0 Å². The molecule has 3 aromatic rings. The summed E-state index contributed by atoms with van der Waals surface area (Å²) in [5, 5.41) is 16.9. The number of hydrogen-bond acceptors (Lipinski definition) is 6. The molecule has 0 unspecified atom stereocenters. The molecule has 1 saturated heterocycles. The molecule has 7 heteroatoms. The molecule has 0 bridgehead atoms. The van der Waals surface area contributed by atoms with Crippen LogP contribution in [0.25, 0.3) is 10.4 Å². The van der Waals surface area contributed by atoms with Gasteiger partial charge >= 0.3 is 0 Å². The topological polar surface area (TPSA) is 56.1 Å². The fourth-order valence-corrected chi connectivity index (χ4v) is 4.46. The number of aromatic nitrogens is 2. The number of nitrogens with zero attached hydrogens (tertiary/aromatic N) is 5. The zero-order chi connectivity index (χ0) is 18.6. The molecular weight excluding hydrogens is 422 g/mol. The molecule has 27 heavy (non-hydrogen) atoms. The Morgan fingerprint density at radius 2 is 1.74 bits per heavy atom. The minimum atomic E-state index is 0.358. The van der Waals surface area contributed by atoms with E-state index in [9.17, 15) is 0 Å². The monoisotopic (exact) mass is 439 g/mol. The van der Waals surface area contributed by atoms with Crippen molar-refractivity contribution in [2.45, 2.75) is 6.54 Å². The number of anilines is 1. The maximum absolute atomic E-state index is 8.83. The Kier molecular flexibility index (Phi) is 5.48. The molecule has 2 aromatic heterocycles. The molecule has 4 rings (SSSR count). The van der Waals surface area contributed by atoms with Crippen LogP contribution >= 0.6 is 27.3 Å². The van der Waals surface area contributed by atoms with Crippen LogP contribution in [0.4, 0.5) is 5.82 Å². The normalized spacial score (nSPS) is 14.9. The molecule has 0 saturated carbocycles. The van der Waals surface area contributed by atoms with Gasteiger partial charge in [-0.25, -0.2) is 0 Å². The number of piperazine rings is 1. The molecule has 0 spiro atoms. The minimum Gasteiger partial charge on any atom is -0.353 e. The smallest absolute Gasteiger partial charge is 0.163 e. The fourth-order valence-electron chi connectivity index (χ4n) is 3.14. The maximum Gasteiger partial charge on any atom is 0.163 e. The number of thiophene rings is 1. The van der Waals surface area contributed by atoms with Crippen LogP contribution in [0, 0.1) is 11.3 Å². The lowest BCUT2D eigenvalue weighted by atomic mass is 10.2. The molecule has 0 N–H and O–H groups in total. The molecule has 1 fully saturated rings. The highest BCUT2D eigenvalue weighted by Crippen LogP contribution is 2.30. The van der Waals surface area contributed by atoms with Crippen molar-refractivity contribution >= 4 is 33.1 Å². The van der Waals surface area contributed by atoms with E-state index in [2.05, 4.69) is 72.3 Å². The Hall–Kier alpha value is -2.27. The van der Waals surface area contributed by atoms with Crippen LogP contribution in [0.15, 0.2) is 53.0 Å². The highest BCUT2D eigenvalue weighted by Gasteiger charge is 2.19. The second-order valence-electron chi connectivity index (χ2n) is 6.42. The van der Waals surface area contributed by atoms with Crippen molar-refractivity contribution < 1.29 is 0 Å². The Morgan fingerprint density at radius 1 is 0.963 bits per heavy atom. The highest BCUT2D eigenvalue weighted by molar-refractivity contribution is 9.10. The molecule has 136 valence electrons. The molecule has 0 aliphatic carbocycles. The quantitative estimate of drug-likeness (QED) is 0.610. The van der Waals surface area contributed by atoms with Gasteiger partial charge in [0.25, 0.3) is 0 Å². The van der Waals surface area contributed by atoms with Gasteiger partial charge in [-0.05, 0) is 42.0 Å². The van der Waals surface area contributed by atoms with Gasteiger partial charge in [-0.1, -0.05) is 28.1 Å². The predicted molar refractivity (Wildman–Crippen MR) is 112 cm³/mol. The van der Waals surface area contributed by atoms with E-state index in [1.807, 2.05) is 23.5 Å². The average Bonchev–Trinajstić information content (AvgIpc) is 3.18. The van der Waals surface area contributed by atoms with E-state index in [-0.39, 0.29) is 0 Å². The molecule has 0 radical (unpaired) electrons. The first-order valence-electron chi connectivity index (χ1n) is 8.77. The molecule has 1 aliphatic heterocycles. The maximum atomic E-state index is 8.83. The number of benzene rings is 1. The first-order valence-corrected chi connectivity index (χ1v) is 10.4. The van der Waals surface area contributed by atoms with Crippen LogP contribution in [-0.2, 0) is 6.54 Å². The third-order valence-electron chi connectivity index (χ3n) is 4.63. The second kappa shape index (κ2) is 8.17. The zero-order valence-corrected chi connectivity index (χ0v) is 17.1. The highest BCUT2D eigenvalue weighted by atomic mass is 79.9. The SMILES string of the molecule is N#Cc1ccc(N2CCN(Cc3ccc(-c4ccc(Br)cc4)s3)CC2)nn1. The summed E-state index contributed by atoms with van der Waals surface area (Å²) < 4.78 is 1.10. The van der Waals surface area contributed by atoms with Crippen molar-refractivity contribution in [3.05, 3.63) is 63.6 Å². The zero-order valence-electron chi connectivity index (χ0n) is 14.7. The summed E-state index contributed by atoms with van der Waals surface area (Å²) in [5.41, 5.74) is 1.62.